The Balaban J connectivity index is 2.52. The molecule has 64 valence electrons. The molecule has 1 aliphatic heterocycles. The molecule has 1 fully saturated rings. The average molecular weight is 190 g/mol. The summed E-state index contributed by atoms with van der Waals surface area (Å²) in [6.07, 6.45) is 0. The third-order valence-corrected chi connectivity index (χ3v) is 3.30. The largest absolute Gasteiger partial charge is 0.340 e. The predicted molar refractivity (Wildman–Crippen MR) is 54.7 cm³/mol. The van der Waals surface area contributed by atoms with E-state index >= 15 is 0 Å². The highest BCUT2D eigenvalue weighted by molar-refractivity contribution is 7.99. The van der Waals surface area contributed by atoms with Gasteiger partial charge in [-0.1, -0.05) is 0 Å². The molecule has 0 amide bonds. The van der Waals surface area contributed by atoms with Crippen LogP contribution in [0.2, 0.25) is 0 Å². The van der Waals surface area contributed by atoms with Gasteiger partial charge in [-0.25, -0.2) is 0 Å². The van der Waals surface area contributed by atoms with E-state index in [-0.39, 0.29) is 0 Å². The first-order chi connectivity index (χ1) is 5.29. The van der Waals surface area contributed by atoms with Crippen LogP contribution in [0, 0.1) is 0 Å². The minimum Gasteiger partial charge on any atom is -0.340 e. The Bertz CT molecular complexity index is 135. The van der Waals surface area contributed by atoms with Crippen molar-refractivity contribution in [3.63, 3.8) is 0 Å². The minimum atomic E-state index is 1.02. The van der Waals surface area contributed by atoms with Crippen molar-refractivity contribution in [2.24, 2.45) is 0 Å². The zero-order valence-electron chi connectivity index (χ0n) is 7.04. The summed E-state index contributed by atoms with van der Waals surface area (Å²) in [7, 11) is 0. The molecule has 1 saturated heterocycles. The molecule has 0 aliphatic carbocycles. The number of hydrogen-bond acceptors (Lipinski definition) is 2. The van der Waals surface area contributed by atoms with E-state index < -0.39 is 0 Å². The molecule has 2 nitrogen and oxygen atoms in total. The van der Waals surface area contributed by atoms with Gasteiger partial charge in [0.05, 0.1) is 11.8 Å². The normalized spacial score (nSPS) is 19.3. The van der Waals surface area contributed by atoms with Crippen molar-refractivity contribution in [3.8, 4) is 0 Å². The van der Waals surface area contributed by atoms with Crippen molar-refractivity contribution in [1.29, 1.82) is 0 Å². The van der Waals surface area contributed by atoms with Crippen molar-refractivity contribution in [2.75, 3.05) is 24.8 Å². The van der Waals surface area contributed by atoms with Crippen LogP contribution in [-0.2, 0) is 0 Å². The van der Waals surface area contributed by atoms with Crippen LogP contribution in [0.3, 0.4) is 0 Å². The number of thiocarbonyl (C=S) groups is 1. The standard InChI is InChI=1S/C7H14N2S2/c1-3-8-5-11-6-9(4-2)7(8)10/h3-6H2,1-2H3. The lowest BCUT2D eigenvalue weighted by atomic mass is 10.6. The monoisotopic (exact) mass is 190 g/mol. The van der Waals surface area contributed by atoms with Gasteiger partial charge < -0.3 is 9.80 Å². The van der Waals surface area contributed by atoms with Crippen molar-refractivity contribution in [3.05, 3.63) is 0 Å². The van der Waals surface area contributed by atoms with Gasteiger partial charge in [0.1, 0.15) is 0 Å². The second-order valence-corrected chi connectivity index (χ2v) is 3.75. The van der Waals surface area contributed by atoms with E-state index in [1.54, 1.807) is 0 Å². The number of rotatable bonds is 2. The summed E-state index contributed by atoms with van der Waals surface area (Å²) in [6.45, 7) is 6.35. The second kappa shape index (κ2) is 4.16. The lowest BCUT2D eigenvalue weighted by Crippen LogP contribution is -2.46. The van der Waals surface area contributed by atoms with Crippen LogP contribution >= 0.6 is 24.0 Å². The van der Waals surface area contributed by atoms with Crippen LogP contribution in [0.5, 0.6) is 0 Å². The fourth-order valence-electron chi connectivity index (χ4n) is 1.02. The molecule has 0 unspecified atom stereocenters. The summed E-state index contributed by atoms with van der Waals surface area (Å²) in [5.41, 5.74) is 0. The molecule has 0 aromatic rings. The Morgan fingerprint density at radius 2 is 1.73 bits per heavy atom. The molecule has 0 aromatic heterocycles. The first-order valence-corrected chi connectivity index (χ1v) is 5.47. The van der Waals surface area contributed by atoms with Gasteiger partial charge in [0.2, 0.25) is 0 Å². The molecule has 0 atom stereocenters. The summed E-state index contributed by atoms with van der Waals surface area (Å²) in [5.74, 6) is 2.12. The third-order valence-electron chi connectivity index (χ3n) is 1.80. The smallest absolute Gasteiger partial charge is 0.172 e. The number of thioether (sulfide) groups is 1. The van der Waals surface area contributed by atoms with Gasteiger partial charge in [0.25, 0.3) is 0 Å². The molecule has 0 bridgehead atoms. The first-order valence-electron chi connectivity index (χ1n) is 3.91. The lowest BCUT2D eigenvalue weighted by molar-refractivity contribution is 0.391. The van der Waals surface area contributed by atoms with Gasteiger partial charge in [-0.2, -0.15) is 0 Å². The van der Waals surface area contributed by atoms with Crippen LogP contribution in [0.1, 0.15) is 13.8 Å². The van der Waals surface area contributed by atoms with Crippen LogP contribution in [0.25, 0.3) is 0 Å². The quantitative estimate of drug-likeness (QED) is 0.610. The topological polar surface area (TPSA) is 6.48 Å². The van der Waals surface area contributed by atoms with E-state index in [4.69, 9.17) is 12.2 Å². The Hall–Kier alpha value is 0.0400. The summed E-state index contributed by atoms with van der Waals surface area (Å²) < 4.78 is 0. The first kappa shape index (κ1) is 9.13. The highest BCUT2D eigenvalue weighted by atomic mass is 32.2. The Morgan fingerprint density at radius 3 is 2.09 bits per heavy atom. The van der Waals surface area contributed by atoms with Crippen molar-refractivity contribution >= 4 is 29.1 Å². The van der Waals surface area contributed by atoms with E-state index in [9.17, 15) is 0 Å². The fourth-order valence-corrected chi connectivity index (χ4v) is 2.71. The molecule has 11 heavy (non-hydrogen) atoms. The van der Waals surface area contributed by atoms with Crippen LogP contribution < -0.4 is 0 Å². The van der Waals surface area contributed by atoms with Crippen LogP contribution in [-0.4, -0.2) is 39.8 Å². The lowest BCUT2D eigenvalue weighted by Gasteiger charge is -2.36. The van der Waals surface area contributed by atoms with Gasteiger partial charge in [-0.3, -0.25) is 0 Å². The molecular weight excluding hydrogens is 176 g/mol. The molecule has 1 heterocycles. The van der Waals surface area contributed by atoms with E-state index in [0.717, 1.165) is 30.0 Å². The SMILES string of the molecule is CCN1CSCN(CC)C1=S. The van der Waals surface area contributed by atoms with Gasteiger partial charge in [0.15, 0.2) is 5.11 Å². The molecule has 0 N–H and O–H groups in total. The van der Waals surface area contributed by atoms with Crippen LogP contribution in [0.4, 0.5) is 0 Å². The molecule has 0 aromatic carbocycles. The Kier molecular flexibility index (Phi) is 3.45. The second-order valence-electron chi connectivity index (χ2n) is 2.46. The molecule has 4 heteroatoms. The zero-order chi connectivity index (χ0) is 8.27. The summed E-state index contributed by atoms with van der Waals surface area (Å²) in [4.78, 5) is 4.46. The van der Waals surface area contributed by atoms with Crippen molar-refractivity contribution in [1.82, 2.24) is 9.80 Å². The van der Waals surface area contributed by atoms with E-state index in [0.29, 0.717) is 0 Å². The van der Waals surface area contributed by atoms with Crippen LogP contribution in [0.15, 0.2) is 0 Å². The van der Waals surface area contributed by atoms with Gasteiger partial charge in [-0.15, -0.1) is 11.8 Å². The van der Waals surface area contributed by atoms with Gasteiger partial charge in [-0.05, 0) is 26.1 Å². The molecule has 0 radical (unpaired) electrons. The maximum absolute atomic E-state index is 5.29. The molecule has 1 rings (SSSR count). The summed E-state index contributed by atoms with van der Waals surface area (Å²) >= 11 is 7.21. The Morgan fingerprint density at radius 1 is 1.27 bits per heavy atom. The van der Waals surface area contributed by atoms with Crippen molar-refractivity contribution in [2.45, 2.75) is 13.8 Å². The highest BCUT2D eigenvalue weighted by Crippen LogP contribution is 2.16. The zero-order valence-corrected chi connectivity index (χ0v) is 8.67. The number of hydrogen-bond donors (Lipinski definition) is 0. The maximum Gasteiger partial charge on any atom is 0.172 e. The summed E-state index contributed by atoms with van der Waals surface area (Å²) in [6, 6.07) is 0. The molecule has 1 aliphatic rings. The van der Waals surface area contributed by atoms with Crippen molar-refractivity contribution < 1.29 is 0 Å². The molecule has 0 spiro atoms. The molecule has 0 saturated carbocycles. The minimum absolute atomic E-state index is 1.02. The number of nitrogens with zero attached hydrogens (tertiary/aromatic N) is 2. The van der Waals surface area contributed by atoms with E-state index in [2.05, 4.69) is 23.6 Å². The Labute approximate surface area is 77.9 Å². The average Bonchev–Trinajstić information content (AvgIpc) is 2.05. The maximum atomic E-state index is 5.29. The third kappa shape index (κ3) is 1.99. The predicted octanol–water partition coefficient (Wildman–Crippen LogP) is 1.58. The highest BCUT2D eigenvalue weighted by Gasteiger charge is 2.18. The van der Waals surface area contributed by atoms with E-state index in [1.807, 2.05) is 11.8 Å². The molecular formula is C7H14N2S2. The fraction of sp³-hybridized carbons (Fsp3) is 0.857. The van der Waals surface area contributed by atoms with Gasteiger partial charge >= 0.3 is 0 Å². The van der Waals surface area contributed by atoms with E-state index in [1.165, 1.54) is 0 Å². The summed E-state index contributed by atoms with van der Waals surface area (Å²) in [5, 5.41) is 1.02. The van der Waals surface area contributed by atoms with Gasteiger partial charge in [0, 0.05) is 13.1 Å².